The van der Waals surface area contributed by atoms with Crippen LogP contribution in [0.5, 0.6) is 11.5 Å². The Kier molecular flexibility index (Phi) is 4.90. The SMILES string of the molecule is COc1ccc([C@H]2[C@@H](C(C)=O)N3c4ccccc4C=C[C@H]3C23C(=O)c2ccccc2C3=O)cc1OC. The largest absolute Gasteiger partial charge is 0.493 e. The summed E-state index contributed by atoms with van der Waals surface area (Å²) in [6.07, 6.45) is 3.87. The van der Waals surface area contributed by atoms with Crippen LogP contribution < -0.4 is 14.4 Å². The molecule has 180 valence electrons. The van der Waals surface area contributed by atoms with Gasteiger partial charge in [-0.2, -0.15) is 0 Å². The highest BCUT2D eigenvalue weighted by atomic mass is 16.5. The molecular formula is C30H25NO5. The first-order valence-electron chi connectivity index (χ1n) is 11.9. The van der Waals surface area contributed by atoms with Crippen molar-refractivity contribution in [1.29, 1.82) is 0 Å². The van der Waals surface area contributed by atoms with E-state index in [-0.39, 0.29) is 17.3 Å². The van der Waals surface area contributed by atoms with Gasteiger partial charge in [-0.15, -0.1) is 0 Å². The lowest BCUT2D eigenvalue weighted by atomic mass is 9.64. The number of methoxy groups -OCH3 is 2. The summed E-state index contributed by atoms with van der Waals surface area (Å²) in [4.78, 5) is 44.2. The minimum absolute atomic E-state index is 0.113. The molecule has 1 aliphatic carbocycles. The molecule has 1 saturated heterocycles. The molecule has 2 aliphatic heterocycles. The maximum Gasteiger partial charge on any atom is 0.180 e. The maximum absolute atomic E-state index is 14.4. The predicted octanol–water partition coefficient (Wildman–Crippen LogP) is 4.73. The van der Waals surface area contributed by atoms with Crippen LogP contribution in [0, 0.1) is 5.41 Å². The molecule has 0 aromatic heterocycles. The maximum atomic E-state index is 14.4. The number of hydrogen-bond donors (Lipinski definition) is 0. The van der Waals surface area contributed by atoms with Gasteiger partial charge in [-0.3, -0.25) is 14.4 Å². The molecule has 3 atom stereocenters. The molecular weight excluding hydrogens is 454 g/mol. The van der Waals surface area contributed by atoms with Crippen molar-refractivity contribution >= 4 is 29.1 Å². The fourth-order valence-corrected chi connectivity index (χ4v) is 6.49. The van der Waals surface area contributed by atoms with Crippen LogP contribution in [0.4, 0.5) is 5.69 Å². The standard InChI is InChI=1S/C30H25NO5/c1-17(32)27-26(19-12-14-23(35-2)24(16-19)36-3)30(28(33)20-9-5-6-10-21(20)29(30)34)25-15-13-18-8-4-7-11-22(18)31(25)27/h4-16,25-27H,1-3H3/t25-,26-,27+/m0/s1. The second-order valence-electron chi connectivity index (χ2n) is 9.49. The number of ether oxygens (including phenoxy) is 2. The van der Waals surface area contributed by atoms with Crippen LogP contribution in [0.3, 0.4) is 0 Å². The minimum Gasteiger partial charge on any atom is -0.493 e. The van der Waals surface area contributed by atoms with Crippen molar-refractivity contribution in [1.82, 2.24) is 0 Å². The Morgan fingerprint density at radius 2 is 1.50 bits per heavy atom. The Balaban J connectivity index is 1.68. The number of para-hydroxylation sites is 1. The number of rotatable bonds is 4. The molecule has 0 bridgehead atoms. The third kappa shape index (κ3) is 2.70. The Bertz CT molecular complexity index is 1440. The van der Waals surface area contributed by atoms with Gasteiger partial charge in [-0.1, -0.05) is 60.7 Å². The molecule has 1 fully saturated rings. The van der Waals surface area contributed by atoms with E-state index in [9.17, 15) is 14.4 Å². The van der Waals surface area contributed by atoms with E-state index >= 15 is 0 Å². The lowest BCUT2D eigenvalue weighted by Gasteiger charge is -2.37. The number of carbonyl (C=O) groups is 3. The summed E-state index contributed by atoms with van der Waals surface area (Å²) in [5.41, 5.74) is 1.78. The summed E-state index contributed by atoms with van der Waals surface area (Å²) in [5, 5.41) is 0. The average Bonchev–Trinajstić information content (AvgIpc) is 3.35. The summed E-state index contributed by atoms with van der Waals surface area (Å²) in [7, 11) is 3.09. The van der Waals surface area contributed by atoms with E-state index in [4.69, 9.17) is 9.47 Å². The average molecular weight is 480 g/mol. The highest BCUT2D eigenvalue weighted by Gasteiger charge is 2.71. The van der Waals surface area contributed by atoms with E-state index < -0.39 is 23.4 Å². The zero-order chi connectivity index (χ0) is 25.2. The number of carbonyl (C=O) groups excluding carboxylic acids is 3. The predicted molar refractivity (Wildman–Crippen MR) is 136 cm³/mol. The van der Waals surface area contributed by atoms with Gasteiger partial charge in [-0.05, 0) is 36.2 Å². The molecule has 36 heavy (non-hydrogen) atoms. The lowest BCUT2D eigenvalue weighted by Crippen LogP contribution is -2.48. The smallest absolute Gasteiger partial charge is 0.180 e. The van der Waals surface area contributed by atoms with E-state index in [0.717, 1.165) is 11.3 Å². The van der Waals surface area contributed by atoms with Gasteiger partial charge >= 0.3 is 0 Å². The van der Waals surface area contributed by atoms with Gasteiger partial charge in [0.25, 0.3) is 0 Å². The van der Waals surface area contributed by atoms with Gasteiger partial charge in [-0.25, -0.2) is 0 Å². The molecule has 1 spiro atoms. The van der Waals surface area contributed by atoms with E-state index in [0.29, 0.717) is 28.2 Å². The quantitative estimate of drug-likeness (QED) is 0.504. The minimum atomic E-state index is -1.50. The number of fused-ring (bicyclic) bond motifs is 5. The molecule has 3 aromatic carbocycles. The van der Waals surface area contributed by atoms with Crippen molar-refractivity contribution < 1.29 is 23.9 Å². The molecule has 0 radical (unpaired) electrons. The van der Waals surface area contributed by atoms with E-state index in [1.165, 1.54) is 6.92 Å². The lowest BCUT2D eigenvalue weighted by molar-refractivity contribution is -0.118. The number of nitrogens with zero attached hydrogens (tertiary/aromatic N) is 1. The van der Waals surface area contributed by atoms with Crippen LogP contribution in [-0.4, -0.2) is 43.7 Å². The highest BCUT2D eigenvalue weighted by molar-refractivity contribution is 6.32. The second-order valence-corrected chi connectivity index (χ2v) is 9.49. The zero-order valence-corrected chi connectivity index (χ0v) is 20.2. The molecule has 6 rings (SSSR count). The van der Waals surface area contributed by atoms with Crippen molar-refractivity contribution in [2.45, 2.75) is 24.9 Å². The molecule has 3 aliphatic rings. The summed E-state index contributed by atoms with van der Waals surface area (Å²) >= 11 is 0. The summed E-state index contributed by atoms with van der Waals surface area (Å²) in [6.45, 7) is 1.53. The molecule has 6 heteroatoms. The molecule has 6 nitrogen and oxygen atoms in total. The molecule has 2 heterocycles. The number of ketones is 3. The van der Waals surface area contributed by atoms with Crippen LogP contribution in [0.1, 0.15) is 44.7 Å². The first kappa shape index (κ1) is 22.3. The Morgan fingerprint density at radius 3 is 2.14 bits per heavy atom. The van der Waals surface area contributed by atoms with E-state index in [1.54, 1.807) is 50.6 Å². The number of Topliss-reactive ketones (excluding diaryl/α,β-unsaturated/α-hetero) is 3. The van der Waals surface area contributed by atoms with Crippen molar-refractivity contribution in [2.24, 2.45) is 5.41 Å². The van der Waals surface area contributed by atoms with Crippen LogP contribution in [-0.2, 0) is 4.79 Å². The summed E-state index contributed by atoms with van der Waals surface area (Å²) < 4.78 is 11.0. The monoisotopic (exact) mass is 479 g/mol. The molecule has 0 amide bonds. The third-order valence-electron chi connectivity index (χ3n) is 7.90. The topological polar surface area (TPSA) is 72.9 Å². The van der Waals surface area contributed by atoms with Gasteiger partial charge in [0.2, 0.25) is 0 Å². The first-order chi connectivity index (χ1) is 17.4. The van der Waals surface area contributed by atoms with Gasteiger partial charge in [0, 0.05) is 22.7 Å². The van der Waals surface area contributed by atoms with Crippen LogP contribution in [0.25, 0.3) is 6.08 Å². The fraction of sp³-hybridized carbons (Fsp3) is 0.233. The van der Waals surface area contributed by atoms with Crippen molar-refractivity contribution in [3.63, 3.8) is 0 Å². The highest BCUT2D eigenvalue weighted by Crippen LogP contribution is 2.61. The first-order valence-corrected chi connectivity index (χ1v) is 11.9. The summed E-state index contributed by atoms with van der Waals surface area (Å²) in [6, 6.07) is 18.8. The number of anilines is 1. The van der Waals surface area contributed by atoms with Gasteiger partial charge < -0.3 is 14.4 Å². The van der Waals surface area contributed by atoms with Crippen molar-refractivity contribution in [3.8, 4) is 11.5 Å². The van der Waals surface area contributed by atoms with Crippen LogP contribution in [0.15, 0.2) is 72.8 Å². The second kappa shape index (κ2) is 7.92. The van der Waals surface area contributed by atoms with E-state index in [1.807, 2.05) is 47.4 Å². The van der Waals surface area contributed by atoms with Gasteiger partial charge in [0.05, 0.1) is 26.3 Å². The Hall–Kier alpha value is -4.19. The third-order valence-corrected chi connectivity index (χ3v) is 7.90. The molecule has 0 saturated carbocycles. The normalized spacial score (nSPS) is 22.9. The van der Waals surface area contributed by atoms with Crippen molar-refractivity contribution in [2.75, 3.05) is 19.1 Å². The number of benzene rings is 3. The molecule has 0 N–H and O–H groups in total. The summed E-state index contributed by atoms with van der Waals surface area (Å²) in [5.74, 6) is -0.329. The number of hydrogen-bond acceptors (Lipinski definition) is 6. The van der Waals surface area contributed by atoms with Gasteiger partial charge in [0.1, 0.15) is 5.41 Å². The Labute approximate surface area is 209 Å². The van der Waals surface area contributed by atoms with Gasteiger partial charge in [0.15, 0.2) is 28.8 Å². The fourth-order valence-electron chi connectivity index (χ4n) is 6.49. The van der Waals surface area contributed by atoms with Crippen molar-refractivity contribution in [3.05, 3.63) is 95.1 Å². The van der Waals surface area contributed by atoms with Crippen LogP contribution in [0.2, 0.25) is 0 Å². The Morgan fingerprint density at radius 1 is 0.861 bits per heavy atom. The molecule has 3 aromatic rings. The van der Waals surface area contributed by atoms with Crippen LogP contribution >= 0.6 is 0 Å². The molecule has 0 unspecified atom stereocenters. The zero-order valence-electron chi connectivity index (χ0n) is 20.2. The van der Waals surface area contributed by atoms with E-state index in [2.05, 4.69) is 0 Å².